The maximum Gasteiger partial charge on any atom is 0.0897 e. The van der Waals surface area contributed by atoms with Gasteiger partial charge in [-0.2, -0.15) is 0 Å². The van der Waals surface area contributed by atoms with E-state index in [1.165, 1.54) is 23.3 Å². The van der Waals surface area contributed by atoms with E-state index < -0.39 is 0 Å². The highest BCUT2D eigenvalue weighted by atomic mass is 35.5. The number of hydrogen-bond acceptors (Lipinski definition) is 3. The molecule has 1 N–H and O–H groups in total. The van der Waals surface area contributed by atoms with Gasteiger partial charge in [-0.05, 0) is 37.3 Å². The van der Waals surface area contributed by atoms with Crippen molar-refractivity contribution in [1.82, 2.24) is 10.3 Å². The Bertz CT molecular complexity index is 561. The van der Waals surface area contributed by atoms with Crippen molar-refractivity contribution in [1.29, 1.82) is 0 Å². The quantitative estimate of drug-likeness (QED) is 0.916. The van der Waals surface area contributed by atoms with Crippen LogP contribution in [0.25, 0.3) is 0 Å². The number of aromatic nitrogens is 1. The molecule has 1 aromatic heterocycles. The van der Waals surface area contributed by atoms with Crippen LogP contribution < -0.4 is 5.32 Å². The lowest BCUT2D eigenvalue weighted by Gasteiger charge is -2.36. The fourth-order valence-corrected chi connectivity index (χ4v) is 3.61. The third-order valence-corrected chi connectivity index (χ3v) is 4.97. The first-order chi connectivity index (χ1) is 9.22. The van der Waals surface area contributed by atoms with Gasteiger partial charge in [0.25, 0.3) is 0 Å². The van der Waals surface area contributed by atoms with Gasteiger partial charge in [-0.25, -0.2) is 4.98 Å². The smallest absolute Gasteiger partial charge is 0.0897 e. The summed E-state index contributed by atoms with van der Waals surface area (Å²) in [6.07, 6.45) is 4.33. The number of aryl methyl sites for hydroxylation is 1. The van der Waals surface area contributed by atoms with Crippen LogP contribution in [0.2, 0.25) is 5.02 Å². The summed E-state index contributed by atoms with van der Waals surface area (Å²) >= 11 is 8.00. The van der Waals surface area contributed by atoms with Gasteiger partial charge < -0.3 is 5.32 Å². The topological polar surface area (TPSA) is 24.9 Å². The normalized spacial score (nSPS) is 22.2. The first-order valence-corrected chi connectivity index (χ1v) is 7.81. The van der Waals surface area contributed by atoms with E-state index in [-0.39, 0.29) is 0 Å². The lowest BCUT2D eigenvalue weighted by Crippen LogP contribution is -2.39. The molecular formula is C15H17ClN2S. The van der Waals surface area contributed by atoms with E-state index in [1.54, 1.807) is 11.3 Å². The fraction of sp³-hybridized carbons (Fsp3) is 0.400. The highest BCUT2D eigenvalue weighted by Gasteiger charge is 2.30. The lowest BCUT2D eigenvalue weighted by atomic mass is 9.76. The monoisotopic (exact) mass is 292 g/mol. The number of nitrogens with zero attached hydrogens (tertiary/aromatic N) is 1. The summed E-state index contributed by atoms with van der Waals surface area (Å²) in [6, 6.07) is 8.81. The second-order valence-electron chi connectivity index (χ2n) is 5.11. The van der Waals surface area contributed by atoms with Gasteiger partial charge in [0.2, 0.25) is 0 Å². The van der Waals surface area contributed by atoms with Crippen molar-refractivity contribution >= 4 is 22.9 Å². The molecule has 0 bridgehead atoms. The van der Waals surface area contributed by atoms with Gasteiger partial charge in [-0.3, -0.25) is 0 Å². The second-order valence-corrected chi connectivity index (χ2v) is 6.84. The van der Waals surface area contributed by atoms with E-state index >= 15 is 0 Å². The summed E-state index contributed by atoms with van der Waals surface area (Å²) in [5, 5.41) is 5.64. The molecular weight excluding hydrogens is 276 g/mol. The number of nitrogens with one attached hydrogen (secondary N) is 1. The fourth-order valence-electron chi connectivity index (χ4n) is 2.58. The average molecular weight is 293 g/mol. The highest BCUT2D eigenvalue weighted by molar-refractivity contribution is 7.11. The molecule has 0 amide bonds. The van der Waals surface area contributed by atoms with Gasteiger partial charge >= 0.3 is 0 Å². The molecule has 0 radical (unpaired) electrons. The molecule has 3 rings (SSSR count). The molecule has 2 aromatic rings. The second kappa shape index (κ2) is 5.61. The minimum Gasteiger partial charge on any atom is -0.309 e. The predicted molar refractivity (Wildman–Crippen MR) is 80.9 cm³/mol. The Kier molecular flexibility index (Phi) is 3.87. The van der Waals surface area contributed by atoms with Gasteiger partial charge in [-0.15, -0.1) is 11.3 Å². The zero-order valence-corrected chi connectivity index (χ0v) is 12.5. The summed E-state index contributed by atoms with van der Waals surface area (Å²) in [5.74, 6) is 0.620. The first kappa shape index (κ1) is 13.1. The molecule has 1 heterocycles. The molecule has 0 unspecified atom stereocenters. The number of halogens is 1. The van der Waals surface area contributed by atoms with Crippen molar-refractivity contribution in [3.8, 4) is 0 Å². The summed E-state index contributed by atoms with van der Waals surface area (Å²) in [7, 11) is 0. The van der Waals surface area contributed by atoms with Gasteiger partial charge in [0.15, 0.2) is 0 Å². The molecule has 0 aliphatic heterocycles. The van der Waals surface area contributed by atoms with E-state index in [0.717, 1.165) is 16.6 Å². The van der Waals surface area contributed by atoms with Crippen molar-refractivity contribution < 1.29 is 0 Å². The molecule has 2 nitrogen and oxygen atoms in total. The van der Waals surface area contributed by atoms with Crippen LogP contribution in [0, 0.1) is 6.92 Å². The number of rotatable bonds is 4. The minimum atomic E-state index is 0.615. The van der Waals surface area contributed by atoms with Crippen molar-refractivity contribution in [3.05, 3.63) is 50.9 Å². The Morgan fingerprint density at radius 1 is 1.37 bits per heavy atom. The lowest BCUT2D eigenvalue weighted by molar-refractivity contribution is 0.290. The zero-order valence-electron chi connectivity index (χ0n) is 10.9. The highest BCUT2D eigenvalue weighted by Crippen LogP contribution is 2.39. The predicted octanol–water partition coefficient (Wildman–Crippen LogP) is 4.14. The van der Waals surface area contributed by atoms with E-state index in [0.29, 0.717) is 12.0 Å². The van der Waals surface area contributed by atoms with Crippen LogP contribution in [0.3, 0.4) is 0 Å². The number of hydrogen-bond donors (Lipinski definition) is 1. The van der Waals surface area contributed by atoms with Crippen LogP contribution in [-0.2, 0) is 6.54 Å². The van der Waals surface area contributed by atoms with Gasteiger partial charge in [0.1, 0.15) is 0 Å². The van der Waals surface area contributed by atoms with Crippen LogP contribution in [0.5, 0.6) is 0 Å². The summed E-state index contributed by atoms with van der Waals surface area (Å²) < 4.78 is 0. The minimum absolute atomic E-state index is 0.615. The molecule has 1 aliphatic carbocycles. The van der Waals surface area contributed by atoms with E-state index in [1.807, 2.05) is 25.3 Å². The Hall–Kier alpha value is -0.900. The van der Waals surface area contributed by atoms with Crippen LogP contribution in [0.15, 0.2) is 30.5 Å². The van der Waals surface area contributed by atoms with Crippen molar-refractivity contribution in [2.24, 2.45) is 0 Å². The Morgan fingerprint density at radius 2 is 2.16 bits per heavy atom. The third kappa shape index (κ3) is 2.99. The number of benzene rings is 1. The molecule has 1 fully saturated rings. The third-order valence-electron chi connectivity index (χ3n) is 3.72. The van der Waals surface area contributed by atoms with Crippen molar-refractivity contribution in [2.45, 2.75) is 38.3 Å². The van der Waals surface area contributed by atoms with Gasteiger partial charge in [0, 0.05) is 28.7 Å². The summed E-state index contributed by atoms with van der Waals surface area (Å²) in [6.45, 7) is 2.98. The SMILES string of the molecule is Cc1ncc(CNC2CC(c3ccccc3Cl)C2)s1. The largest absolute Gasteiger partial charge is 0.309 e. The standard InChI is InChI=1S/C15H17ClN2S/c1-10-17-8-13(19-10)9-18-12-6-11(7-12)14-4-2-3-5-15(14)16/h2-5,8,11-12,18H,6-7,9H2,1H3. The first-order valence-electron chi connectivity index (χ1n) is 6.61. The van der Waals surface area contributed by atoms with Crippen LogP contribution in [-0.4, -0.2) is 11.0 Å². The average Bonchev–Trinajstić information content (AvgIpc) is 2.75. The van der Waals surface area contributed by atoms with Crippen molar-refractivity contribution in [3.63, 3.8) is 0 Å². The van der Waals surface area contributed by atoms with E-state index in [2.05, 4.69) is 22.4 Å². The Morgan fingerprint density at radius 3 is 2.84 bits per heavy atom. The maximum atomic E-state index is 6.23. The van der Waals surface area contributed by atoms with Crippen LogP contribution >= 0.6 is 22.9 Å². The zero-order chi connectivity index (χ0) is 13.2. The molecule has 0 saturated heterocycles. The van der Waals surface area contributed by atoms with Crippen molar-refractivity contribution in [2.75, 3.05) is 0 Å². The molecule has 100 valence electrons. The Labute approximate surface area is 122 Å². The molecule has 1 aliphatic rings. The molecule has 4 heteroatoms. The van der Waals surface area contributed by atoms with E-state index in [4.69, 9.17) is 11.6 Å². The Balaban J connectivity index is 1.49. The molecule has 1 aromatic carbocycles. The van der Waals surface area contributed by atoms with E-state index in [9.17, 15) is 0 Å². The maximum absolute atomic E-state index is 6.23. The molecule has 19 heavy (non-hydrogen) atoms. The summed E-state index contributed by atoms with van der Waals surface area (Å²) in [5.41, 5.74) is 1.30. The number of thiazole rings is 1. The molecule has 0 atom stereocenters. The molecule has 0 spiro atoms. The van der Waals surface area contributed by atoms with Gasteiger partial charge in [-0.1, -0.05) is 29.8 Å². The van der Waals surface area contributed by atoms with Crippen LogP contribution in [0.4, 0.5) is 0 Å². The van der Waals surface area contributed by atoms with Gasteiger partial charge in [0.05, 0.1) is 5.01 Å². The molecule has 1 saturated carbocycles. The summed E-state index contributed by atoms with van der Waals surface area (Å²) in [4.78, 5) is 5.59. The van der Waals surface area contributed by atoms with Crippen LogP contribution in [0.1, 0.15) is 34.2 Å².